The first-order chi connectivity index (χ1) is 7.68. The van der Waals surface area contributed by atoms with Crippen LogP contribution in [0.1, 0.15) is 6.42 Å². The zero-order valence-corrected chi connectivity index (χ0v) is 13.5. The monoisotopic (exact) mass is 372 g/mol. The third-order valence-electron chi connectivity index (χ3n) is 4.22. The second kappa shape index (κ2) is 3.70. The van der Waals surface area contributed by atoms with Gasteiger partial charge in [0.25, 0.3) is 0 Å². The van der Waals surface area contributed by atoms with Crippen molar-refractivity contribution in [2.45, 2.75) is 31.3 Å². The lowest BCUT2D eigenvalue weighted by molar-refractivity contribution is 0.389. The number of alkyl halides is 6. The van der Waals surface area contributed by atoms with E-state index in [9.17, 15) is 0 Å². The lowest BCUT2D eigenvalue weighted by Crippen LogP contribution is -2.46. The highest BCUT2D eigenvalue weighted by molar-refractivity contribution is 6.62. The fourth-order valence-electron chi connectivity index (χ4n) is 3.41. The molecule has 2 bridgehead atoms. The van der Waals surface area contributed by atoms with Crippen LogP contribution >= 0.6 is 81.2 Å². The summed E-state index contributed by atoms with van der Waals surface area (Å²) in [4.78, 5) is -2.13. The van der Waals surface area contributed by atoms with Gasteiger partial charge in [-0.25, -0.2) is 0 Å². The van der Waals surface area contributed by atoms with Crippen molar-refractivity contribution in [3.05, 3.63) is 11.1 Å². The van der Waals surface area contributed by atoms with Gasteiger partial charge in [-0.3, -0.25) is 0 Å². The molecule has 3 aliphatic carbocycles. The summed E-state index contributed by atoms with van der Waals surface area (Å²) in [5, 5.41) is -0.153. The first-order valence-electron chi connectivity index (χ1n) is 5.10. The SMILES string of the molecule is ClC1=CC2(Cl)C3CC(Cl)C(Cl)C3C1(Cl)C2(Cl)Cl. The van der Waals surface area contributed by atoms with Crippen molar-refractivity contribution < 1.29 is 0 Å². The molecule has 0 spiro atoms. The van der Waals surface area contributed by atoms with Crippen LogP contribution in [0.25, 0.3) is 0 Å². The van der Waals surface area contributed by atoms with E-state index in [1.54, 1.807) is 6.08 Å². The van der Waals surface area contributed by atoms with E-state index >= 15 is 0 Å². The highest BCUT2D eigenvalue weighted by Crippen LogP contribution is 2.76. The van der Waals surface area contributed by atoms with Crippen LogP contribution in [-0.2, 0) is 0 Å². The Balaban J connectivity index is 2.21. The predicted molar refractivity (Wildman–Crippen MR) is 76.4 cm³/mol. The van der Waals surface area contributed by atoms with Gasteiger partial charge in [-0.1, -0.05) is 34.8 Å². The molecule has 17 heavy (non-hydrogen) atoms. The number of allylic oxidation sites excluding steroid dienone is 2. The van der Waals surface area contributed by atoms with Crippen molar-refractivity contribution in [2.24, 2.45) is 11.8 Å². The molecule has 0 N–H and O–H groups in total. The van der Waals surface area contributed by atoms with Gasteiger partial charge < -0.3 is 0 Å². The molecule has 0 amide bonds. The van der Waals surface area contributed by atoms with Crippen LogP contribution in [0.15, 0.2) is 11.1 Å². The number of halogens is 7. The number of rotatable bonds is 0. The zero-order chi connectivity index (χ0) is 12.8. The van der Waals surface area contributed by atoms with E-state index in [0.29, 0.717) is 11.5 Å². The van der Waals surface area contributed by atoms with Crippen LogP contribution in [0.4, 0.5) is 0 Å². The molecule has 7 heteroatoms. The first-order valence-corrected chi connectivity index (χ1v) is 7.87. The van der Waals surface area contributed by atoms with Gasteiger partial charge in [0.15, 0.2) is 4.33 Å². The molecule has 0 aromatic heterocycles. The van der Waals surface area contributed by atoms with Crippen LogP contribution in [0, 0.1) is 11.8 Å². The van der Waals surface area contributed by atoms with Crippen LogP contribution in [-0.4, -0.2) is 24.8 Å². The number of hydrogen-bond acceptors (Lipinski definition) is 0. The second-order valence-electron chi connectivity index (χ2n) is 4.87. The smallest absolute Gasteiger partial charge is 0.121 e. The molecule has 3 rings (SSSR count). The van der Waals surface area contributed by atoms with Crippen molar-refractivity contribution in [1.82, 2.24) is 0 Å². The molecule has 0 heterocycles. The van der Waals surface area contributed by atoms with Crippen molar-refractivity contribution in [3.8, 4) is 0 Å². The maximum atomic E-state index is 6.60. The van der Waals surface area contributed by atoms with E-state index in [0.717, 1.165) is 0 Å². The number of hydrogen-bond donors (Lipinski definition) is 0. The Hall–Kier alpha value is 1.77. The molecule has 2 fully saturated rings. The van der Waals surface area contributed by atoms with Gasteiger partial charge in [-0.2, -0.15) is 0 Å². The third kappa shape index (κ3) is 1.28. The molecule has 6 atom stereocenters. The molecule has 0 aromatic carbocycles. The van der Waals surface area contributed by atoms with Crippen molar-refractivity contribution in [1.29, 1.82) is 0 Å². The van der Waals surface area contributed by atoms with E-state index < -0.39 is 14.1 Å². The maximum Gasteiger partial charge on any atom is 0.165 e. The molecule has 6 unspecified atom stereocenters. The summed E-state index contributed by atoms with van der Waals surface area (Å²) >= 11 is 44.6. The summed E-state index contributed by atoms with van der Waals surface area (Å²) in [5.41, 5.74) is 0. The van der Waals surface area contributed by atoms with Gasteiger partial charge >= 0.3 is 0 Å². The molecule has 0 aliphatic heterocycles. The van der Waals surface area contributed by atoms with Gasteiger partial charge in [-0.05, 0) is 18.4 Å². The van der Waals surface area contributed by atoms with Crippen molar-refractivity contribution in [3.63, 3.8) is 0 Å². The van der Waals surface area contributed by atoms with E-state index in [2.05, 4.69) is 0 Å². The van der Waals surface area contributed by atoms with Crippen LogP contribution in [0.5, 0.6) is 0 Å². The van der Waals surface area contributed by atoms with Gasteiger partial charge in [-0.15, -0.1) is 46.4 Å². The minimum absolute atomic E-state index is 0.0517. The van der Waals surface area contributed by atoms with Crippen molar-refractivity contribution >= 4 is 81.2 Å². The molecular weight excluding hydrogens is 368 g/mol. The minimum Gasteiger partial charge on any atom is -0.121 e. The Morgan fingerprint density at radius 2 is 1.71 bits per heavy atom. The van der Waals surface area contributed by atoms with Gasteiger partial charge in [0, 0.05) is 11.0 Å². The average molecular weight is 375 g/mol. The summed E-state index contributed by atoms with van der Waals surface area (Å²) in [6.07, 6.45) is 2.29. The summed E-state index contributed by atoms with van der Waals surface area (Å²) in [6, 6.07) is 0. The predicted octanol–water partition coefficient (Wildman–Crippen LogP) is 5.12. The molecular formula is C10H7Cl7. The van der Waals surface area contributed by atoms with E-state index in [4.69, 9.17) is 81.2 Å². The molecule has 96 valence electrons. The quantitative estimate of drug-likeness (QED) is 0.516. The first kappa shape index (κ1) is 13.7. The van der Waals surface area contributed by atoms with E-state index in [-0.39, 0.29) is 22.6 Å². The van der Waals surface area contributed by atoms with Gasteiger partial charge in [0.05, 0.1) is 10.8 Å². The molecule has 0 aromatic rings. The Kier molecular flexibility index (Phi) is 2.99. The number of fused-ring (bicyclic) bond motifs is 5. The van der Waals surface area contributed by atoms with Gasteiger partial charge in [0.1, 0.15) is 9.75 Å². The fourth-order valence-corrected chi connectivity index (χ4v) is 6.76. The van der Waals surface area contributed by atoms with Crippen LogP contribution < -0.4 is 0 Å². The minimum atomic E-state index is -1.36. The largest absolute Gasteiger partial charge is 0.165 e. The van der Waals surface area contributed by atoms with Crippen LogP contribution in [0.3, 0.4) is 0 Å². The highest BCUT2D eigenvalue weighted by Gasteiger charge is 2.82. The Morgan fingerprint density at radius 3 is 2.29 bits per heavy atom. The third-order valence-corrected chi connectivity index (χ3v) is 8.90. The highest BCUT2D eigenvalue weighted by atomic mass is 35.5. The zero-order valence-electron chi connectivity index (χ0n) is 8.24. The molecule has 2 saturated carbocycles. The van der Waals surface area contributed by atoms with Crippen LogP contribution in [0.2, 0.25) is 0 Å². The molecule has 3 aliphatic rings. The molecule has 0 saturated heterocycles. The topological polar surface area (TPSA) is 0 Å². The van der Waals surface area contributed by atoms with Crippen molar-refractivity contribution in [2.75, 3.05) is 0 Å². The normalized spacial score (nSPS) is 59.4. The Labute approximate surface area is 134 Å². The fraction of sp³-hybridized carbons (Fsp3) is 0.800. The summed E-state index contributed by atoms with van der Waals surface area (Å²) in [6.45, 7) is 0. The summed E-state index contributed by atoms with van der Waals surface area (Å²) in [5.74, 6) is -0.262. The van der Waals surface area contributed by atoms with E-state index in [1.807, 2.05) is 0 Å². The summed E-state index contributed by atoms with van der Waals surface area (Å²) < 4.78 is -1.36. The van der Waals surface area contributed by atoms with E-state index in [1.165, 1.54) is 0 Å². The molecule has 0 nitrogen and oxygen atoms in total. The second-order valence-corrected chi connectivity index (χ2v) is 8.90. The Bertz CT molecular complexity index is 419. The maximum absolute atomic E-state index is 6.60. The standard InChI is InChI=1S/C10H7Cl7/c11-4-1-3-6(7(4)13)9(15)5(12)2-8(3,14)10(9,16)17/h2-4,6-7H,1H2. The summed E-state index contributed by atoms with van der Waals surface area (Å²) in [7, 11) is 0. The van der Waals surface area contributed by atoms with Gasteiger partial charge in [0.2, 0.25) is 0 Å². The average Bonchev–Trinajstić information content (AvgIpc) is 2.63. The molecule has 0 radical (unpaired) electrons. The Morgan fingerprint density at radius 1 is 1.12 bits per heavy atom. The lowest BCUT2D eigenvalue weighted by atomic mass is 9.85. The lowest BCUT2D eigenvalue weighted by Gasteiger charge is -2.35.